The molecule has 0 unspecified atom stereocenters. The van der Waals surface area contributed by atoms with Crippen LogP contribution in [-0.2, 0) is 13.0 Å². The number of benzene rings is 2. The van der Waals surface area contributed by atoms with Crippen LogP contribution in [0.3, 0.4) is 0 Å². The average Bonchev–Trinajstić information content (AvgIpc) is 3.44. The lowest BCUT2D eigenvalue weighted by Gasteiger charge is -2.12. The molecule has 6 heteroatoms. The number of rotatable bonds is 11. The van der Waals surface area contributed by atoms with Gasteiger partial charge in [0.05, 0.1) is 22.5 Å². The van der Waals surface area contributed by atoms with Crippen LogP contribution in [0.4, 0.5) is 0 Å². The molecule has 2 aromatic heterocycles. The van der Waals surface area contributed by atoms with Gasteiger partial charge in [-0.05, 0) is 73.5 Å². The maximum atomic E-state index is 12.0. The maximum Gasteiger partial charge on any atom is 0.261 e. The van der Waals surface area contributed by atoms with Gasteiger partial charge in [0.25, 0.3) is 5.91 Å². The van der Waals surface area contributed by atoms with Crippen molar-refractivity contribution >= 4 is 28.3 Å². The first kappa shape index (κ1) is 23.1. The second kappa shape index (κ2) is 11.1. The molecule has 4 aromatic rings. The molecule has 0 saturated heterocycles. The molecule has 0 aliphatic heterocycles. The summed E-state index contributed by atoms with van der Waals surface area (Å²) in [5.41, 5.74) is 4.61. The fourth-order valence-corrected chi connectivity index (χ4v) is 4.76. The van der Waals surface area contributed by atoms with Crippen LogP contribution in [0, 0.1) is 13.8 Å². The third-order valence-electron chi connectivity index (χ3n) is 5.62. The van der Waals surface area contributed by atoms with Crippen molar-refractivity contribution in [1.82, 2.24) is 14.9 Å². The standard InChI is InChI=1S/C27H31N3O2S/c1-20-17-21(2)19-22(18-20)32-15-14-30-24-10-6-5-9-23(24)29-26(30)12-4-3-7-13-28-27(31)25-11-8-16-33-25/h5-6,8-11,16-19H,3-4,7,12-15H2,1-2H3,(H,28,31). The Labute approximate surface area is 199 Å². The van der Waals surface area contributed by atoms with E-state index in [0.717, 1.165) is 59.7 Å². The van der Waals surface area contributed by atoms with E-state index >= 15 is 0 Å². The van der Waals surface area contributed by atoms with Crippen molar-refractivity contribution in [3.8, 4) is 5.75 Å². The number of aryl methyl sites for hydroxylation is 3. The molecule has 0 atom stereocenters. The van der Waals surface area contributed by atoms with Crippen LogP contribution >= 0.6 is 11.3 Å². The first-order valence-corrected chi connectivity index (χ1v) is 12.4. The molecule has 1 N–H and O–H groups in total. The number of carbonyl (C=O) groups excluding carboxylic acids is 1. The number of aromatic nitrogens is 2. The van der Waals surface area contributed by atoms with Gasteiger partial charge in [0.1, 0.15) is 18.2 Å². The normalized spacial score (nSPS) is 11.1. The van der Waals surface area contributed by atoms with Crippen molar-refractivity contribution < 1.29 is 9.53 Å². The van der Waals surface area contributed by atoms with E-state index in [9.17, 15) is 4.79 Å². The molecule has 0 fully saturated rings. The zero-order valence-electron chi connectivity index (χ0n) is 19.3. The number of thiophene rings is 1. The summed E-state index contributed by atoms with van der Waals surface area (Å²) < 4.78 is 8.36. The molecule has 0 spiro atoms. The molecule has 0 aliphatic carbocycles. The highest BCUT2D eigenvalue weighted by Crippen LogP contribution is 2.20. The van der Waals surface area contributed by atoms with Crippen LogP contribution in [0.15, 0.2) is 60.0 Å². The number of ether oxygens (including phenoxy) is 1. The van der Waals surface area contributed by atoms with E-state index in [1.54, 1.807) is 0 Å². The number of hydrogen-bond acceptors (Lipinski definition) is 4. The first-order chi connectivity index (χ1) is 16.1. The Morgan fingerprint density at radius 1 is 1.03 bits per heavy atom. The van der Waals surface area contributed by atoms with E-state index in [-0.39, 0.29) is 5.91 Å². The molecule has 5 nitrogen and oxygen atoms in total. The number of fused-ring (bicyclic) bond motifs is 1. The molecule has 0 aliphatic rings. The Morgan fingerprint density at radius 3 is 2.64 bits per heavy atom. The van der Waals surface area contributed by atoms with Crippen molar-refractivity contribution in [3.05, 3.63) is 81.8 Å². The molecule has 1 amide bonds. The molecule has 33 heavy (non-hydrogen) atoms. The van der Waals surface area contributed by atoms with Gasteiger partial charge in [-0.15, -0.1) is 11.3 Å². The zero-order chi connectivity index (χ0) is 23.0. The van der Waals surface area contributed by atoms with Crippen molar-refractivity contribution in [1.29, 1.82) is 0 Å². The van der Waals surface area contributed by atoms with E-state index in [1.807, 2.05) is 23.6 Å². The largest absolute Gasteiger partial charge is 0.492 e. The van der Waals surface area contributed by atoms with E-state index in [4.69, 9.17) is 9.72 Å². The van der Waals surface area contributed by atoms with E-state index in [1.165, 1.54) is 22.5 Å². The van der Waals surface area contributed by atoms with Gasteiger partial charge in [-0.2, -0.15) is 0 Å². The van der Waals surface area contributed by atoms with Crippen molar-refractivity contribution in [2.75, 3.05) is 13.2 Å². The van der Waals surface area contributed by atoms with E-state index < -0.39 is 0 Å². The Balaban J connectivity index is 1.29. The van der Waals surface area contributed by atoms with E-state index in [2.05, 4.69) is 60.1 Å². The molecular formula is C27H31N3O2S. The molecule has 2 aromatic carbocycles. The highest BCUT2D eigenvalue weighted by Gasteiger charge is 2.11. The van der Waals surface area contributed by atoms with Crippen LogP contribution in [-0.4, -0.2) is 28.6 Å². The lowest BCUT2D eigenvalue weighted by molar-refractivity contribution is 0.0957. The monoisotopic (exact) mass is 461 g/mol. The molecule has 0 radical (unpaired) electrons. The van der Waals surface area contributed by atoms with Gasteiger partial charge in [-0.25, -0.2) is 4.98 Å². The molecular weight excluding hydrogens is 430 g/mol. The fourth-order valence-electron chi connectivity index (χ4n) is 4.12. The molecule has 0 saturated carbocycles. The fraction of sp³-hybridized carbons (Fsp3) is 0.333. The predicted molar refractivity (Wildman–Crippen MR) is 135 cm³/mol. The van der Waals surface area contributed by atoms with Gasteiger partial charge in [-0.1, -0.05) is 30.7 Å². The minimum absolute atomic E-state index is 0.0237. The van der Waals surface area contributed by atoms with Crippen molar-refractivity contribution in [2.24, 2.45) is 0 Å². The second-order valence-electron chi connectivity index (χ2n) is 8.38. The van der Waals surface area contributed by atoms with Crippen LogP contribution in [0.25, 0.3) is 11.0 Å². The summed E-state index contributed by atoms with van der Waals surface area (Å²) >= 11 is 1.47. The third kappa shape index (κ3) is 6.23. The molecule has 4 rings (SSSR count). The highest BCUT2D eigenvalue weighted by atomic mass is 32.1. The smallest absolute Gasteiger partial charge is 0.261 e. The summed E-state index contributed by atoms with van der Waals surface area (Å²) in [4.78, 5) is 17.7. The third-order valence-corrected chi connectivity index (χ3v) is 6.49. The Hall–Kier alpha value is -3.12. The number of unbranched alkanes of at least 4 members (excludes halogenated alkanes) is 2. The average molecular weight is 462 g/mol. The summed E-state index contributed by atoms with van der Waals surface area (Å²) in [6.45, 7) is 6.26. The van der Waals surface area contributed by atoms with Gasteiger partial charge in [0.15, 0.2) is 0 Å². The topological polar surface area (TPSA) is 56.1 Å². The summed E-state index contributed by atoms with van der Waals surface area (Å²) in [7, 11) is 0. The lowest BCUT2D eigenvalue weighted by atomic mass is 10.1. The quantitative estimate of drug-likeness (QED) is 0.281. The second-order valence-corrected chi connectivity index (χ2v) is 9.33. The minimum atomic E-state index is 0.0237. The number of nitrogens with zero attached hydrogens (tertiary/aromatic N) is 2. The van der Waals surface area contributed by atoms with Gasteiger partial charge in [0.2, 0.25) is 0 Å². The Bertz CT molecular complexity index is 1180. The number of imidazole rings is 1. The van der Waals surface area contributed by atoms with Crippen molar-refractivity contribution in [2.45, 2.75) is 46.1 Å². The maximum absolute atomic E-state index is 12.0. The molecule has 2 heterocycles. The van der Waals surface area contributed by atoms with Crippen molar-refractivity contribution in [3.63, 3.8) is 0 Å². The van der Waals surface area contributed by atoms with Crippen LogP contribution in [0.2, 0.25) is 0 Å². The molecule has 172 valence electrons. The van der Waals surface area contributed by atoms with Gasteiger partial charge in [-0.3, -0.25) is 4.79 Å². The van der Waals surface area contributed by atoms with E-state index in [0.29, 0.717) is 13.2 Å². The first-order valence-electron chi connectivity index (χ1n) is 11.6. The predicted octanol–water partition coefficient (Wildman–Crippen LogP) is 5.94. The summed E-state index contributed by atoms with van der Waals surface area (Å²) in [5.74, 6) is 2.04. The van der Waals surface area contributed by atoms with Crippen LogP contribution in [0.5, 0.6) is 5.75 Å². The Morgan fingerprint density at radius 2 is 1.85 bits per heavy atom. The SMILES string of the molecule is Cc1cc(C)cc(OCCn2c(CCCCCNC(=O)c3cccs3)nc3ccccc32)c1. The summed E-state index contributed by atoms with van der Waals surface area (Å²) in [5, 5.41) is 4.93. The number of nitrogens with one attached hydrogen (secondary N) is 1. The van der Waals surface area contributed by atoms with Gasteiger partial charge in [0, 0.05) is 13.0 Å². The van der Waals surface area contributed by atoms with Crippen LogP contribution in [0.1, 0.15) is 45.9 Å². The summed E-state index contributed by atoms with van der Waals surface area (Å²) in [6, 6.07) is 18.4. The lowest BCUT2D eigenvalue weighted by Crippen LogP contribution is -2.23. The van der Waals surface area contributed by atoms with Gasteiger partial charge >= 0.3 is 0 Å². The molecule has 0 bridgehead atoms. The number of amides is 1. The summed E-state index contributed by atoms with van der Waals surface area (Å²) in [6.07, 6.45) is 3.97. The number of hydrogen-bond donors (Lipinski definition) is 1. The highest BCUT2D eigenvalue weighted by molar-refractivity contribution is 7.12. The zero-order valence-corrected chi connectivity index (χ0v) is 20.2. The van der Waals surface area contributed by atoms with Crippen LogP contribution < -0.4 is 10.1 Å². The minimum Gasteiger partial charge on any atom is -0.492 e. The Kier molecular flexibility index (Phi) is 7.79. The number of carbonyl (C=O) groups is 1. The van der Waals surface area contributed by atoms with Gasteiger partial charge < -0.3 is 14.6 Å². The number of para-hydroxylation sites is 2.